The van der Waals surface area contributed by atoms with Crippen LogP contribution < -0.4 is 4.74 Å². The smallest absolute Gasteiger partial charge is 0.161 e. The van der Waals surface area contributed by atoms with Gasteiger partial charge in [0.15, 0.2) is 11.5 Å². The van der Waals surface area contributed by atoms with Crippen molar-refractivity contribution in [2.75, 3.05) is 0 Å². The van der Waals surface area contributed by atoms with Gasteiger partial charge in [-0.15, -0.1) is 0 Å². The van der Waals surface area contributed by atoms with Crippen LogP contribution in [0.3, 0.4) is 0 Å². The average Bonchev–Trinajstić information content (AvgIpc) is 2.45. The molecule has 0 aromatic heterocycles. The highest BCUT2D eigenvalue weighted by Gasteiger charge is 2.03. The first kappa shape index (κ1) is 13.2. The van der Waals surface area contributed by atoms with Crippen molar-refractivity contribution in [3.8, 4) is 11.5 Å². The normalized spacial score (nSPS) is 10.8. The number of hydrogen-bond acceptors (Lipinski definition) is 2. The van der Waals surface area contributed by atoms with Crippen LogP contribution in [0.1, 0.15) is 24.5 Å². The van der Waals surface area contributed by atoms with Gasteiger partial charge in [-0.1, -0.05) is 55.5 Å². The minimum atomic E-state index is 0.175. The van der Waals surface area contributed by atoms with Gasteiger partial charge in [0, 0.05) is 0 Å². The quantitative estimate of drug-likeness (QED) is 0.857. The Morgan fingerprint density at radius 1 is 1.11 bits per heavy atom. The number of allylic oxidation sites excluding steroid dienone is 1. The van der Waals surface area contributed by atoms with Crippen LogP contribution in [0.4, 0.5) is 0 Å². The van der Waals surface area contributed by atoms with E-state index in [4.69, 9.17) is 4.74 Å². The Kier molecular flexibility index (Phi) is 4.62. The van der Waals surface area contributed by atoms with Crippen LogP contribution in [0.15, 0.2) is 54.6 Å². The van der Waals surface area contributed by atoms with Gasteiger partial charge in [0.2, 0.25) is 0 Å². The van der Waals surface area contributed by atoms with Crippen molar-refractivity contribution in [2.45, 2.75) is 20.0 Å². The van der Waals surface area contributed by atoms with Crippen LogP contribution >= 0.6 is 0 Å². The van der Waals surface area contributed by atoms with E-state index in [1.807, 2.05) is 42.5 Å². The molecule has 0 spiro atoms. The number of rotatable bonds is 5. The fourth-order valence-corrected chi connectivity index (χ4v) is 1.75. The molecule has 0 aliphatic heterocycles. The lowest BCUT2D eigenvalue weighted by Gasteiger charge is -2.08. The van der Waals surface area contributed by atoms with Crippen molar-refractivity contribution in [3.05, 3.63) is 65.7 Å². The Bertz CT molecular complexity index is 544. The van der Waals surface area contributed by atoms with Crippen LogP contribution in [0.2, 0.25) is 0 Å². The van der Waals surface area contributed by atoms with E-state index >= 15 is 0 Å². The fraction of sp³-hybridized carbons (Fsp3) is 0.176. The number of aromatic hydroxyl groups is 1. The molecule has 1 N–H and O–H groups in total. The van der Waals surface area contributed by atoms with E-state index in [0.29, 0.717) is 12.4 Å². The molecule has 0 aliphatic carbocycles. The zero-order valence-electron chi connectivity index (χ0n) is 11.0. The van der Waals surface area contributed by atoms with Crippen LogP contribution in [-0.2, 0) is 6.61 Å². The van der Waals surface area contributed by atoms with E-state index < -0.39 is 0 Å². The van der Waals surface area contributed by atoms with Gasteiger partial charge < -0.3 is 9.84 Å². The Morgan fingerprint density at radius 3 is 2.58 bits per heavy atom. The summed E-state index contributed by atoms with van der Waals surface area (Å²) in [6.07, 6.45) is 5.02. The number of ether oxygens (including phenoxy) is 1. The van der Waals surface area contributed by atoms with Crippen molar-refractivity contribution in [1.82, 2.24) is 0 Å². The average molecular weight is 254 g/mol. The summed E-state index contributed by atoms with van der Waals surface area (Å²) in [6, 6.07) is 15.3. The van der Waals surface area contributed by atoms with E-state index in [2.05, 4.69) is 13.0 Å². The second kappa shape index (κ2) is 6.64. The highest BCUT2D eigenvalue weighted by Crippen LogP contribution is 2.28. The molecule has 2 aromatic rings. The van der Waals surface area contributed by atoms with Gasteiger partial charge >= 0.3 is 0 Å². The minimum absolute atomic E-state index is 0.175. The number of benzene rings is 2. The highest BCUT2D eigenvalue weighted by atomic mass is 16.5. The van der Waals surface area contributed by atoms with Crippen molar-refractivity contribution >= 4 is 6.08 Å². The predicted molar refractivity (Wildman–Crippen MR) is 78.2 cm³/mol. The topological polar surface area (TPSA) is 29.5 Å². The summed E-state index contributed by atoms with van der Waals surface area (Å²) in [6.45, 7) is 2.53. The van der Waals surface area contributed by atoms with Crippen LogP contribution in [-0.4, -0.2) is 5.11 Å². The second-order valence-electron chi connectivity index (χ2n) is 4.31. The molecule has 2 rings (SSSR count). The molecule has 0 amide bonds. The minimum Gasteiger partial charge on any atom is -0.504 e. The summed E-state index contributed by atoms with van der Waals surface area (Å²) in [5.41, 5.74) is 2.06. The third-order valence-corrected chi connectivity index (χ3v) is 2.77. The molecule has 0 saturated carbocycles. The predicted octanol–water partition coefficient (Wildman–Crippen LogP) is 4.39. The van der Waals surface area contributed by atoms with Crippen molar-refractivity contribution < 1.29 is 9.84 Å². The molecule has 2 nitrogen and oxygen atoms in total. The Hall–Kier alpha value is -2.22. The molecular weight excluding hydrogens is 236 g/mol. The van der Waals surface area contributed by atoms with E-state index in [1.54, 1.807) is 12.1 Å². The maximum Gasteiger partial charge on any atom is 0.161 e. The van der Waals surface area contributed by atoms with Gasteiger partial charge in [-0.2, -0.15) is 0 Å². The molecule has 0 atom stereocenters. The fourth-order valence-electron chi connectivity index (χ4n) is 1.75. The Morgan fingerprint density at radius 2 is 1.89 bits per heavy atom. The molecule has 0 fully saturated rings. The maximum atomic E-state index is 9.91. The summed E-state index contributed by atoms with van der Waals surface area (Å²) in [5, 5.41) is 9.91. The third-order valence-electron chi connectivity index (χ3n) is 2.77. The van der Waals surface area contributed by atoms with Gasteiger partial charge in [0.25, 0.3) is 0 Å². The molecule has 0 heterocycles. The molecular formula is C17H18O2. The molecule has 98 valence electrons. The SMILES string of the molecule is CC/C=C/c1ccc(OCc2ccccc2)c(O)c1. The molecule has 2 aromatic carbocycles. The lowest BCUT2D eigenvalue weighted by molar-refractivity contribution is 0.289. The number of phenolic OH excluding ortho intramolecular Hbond substituents is 1. The maximum absolute atomic E-state index is 9.91. The lowest BCUT2D eigenvalue weighted by Crippen LogP contribution is -1.95. The molecule has 2 heteroatoms. The molecule has 19 heavy (non-hydrogen) atoms. The lowest BCUT2D eigenvalue weighted by atomic mass is 10.2. The van der Waals surface area contributed by atoms with Crippen molar-refractivity contribution in [3.63, 3.8) is 0 Å². The standard InChI is InChI=1S/C17H18O2/c1-2-3-7-14-10-11-17(16(18)12-14)19-13-15-8-5-4-6-9-15/h3-12,18H,2,13H2,1H3/b7-3+. The van der Waals surface area contributed by atoms with Crippen LogP contribution in [0.25, 0.3) is 6.08 Å². The number of phenols is 1. The van der Waals surface area contributed by atoms with E-state index in [0.717, 1.165) is 17.5 Å². The molecule has 0 unspecified atom stereocenters. The molecule has 0 saturated heterocycles. The Labute approximate surface area is 114 Å². The van der Waals surface area contributed by atoms with Crippen molar-refractivity contribution in [2.24, 2.45) is 0 Å². The van der Waals surface area contributed by atoms with Gasteiger partial charge in [-0.25, -0.2) is 0 Å². The molecule has 0 bridgehead atoms. The van der Waals surface area contributed by atoms with Crippen molar-refractivity contribution in [1.29, 1.82) is 0 Å². The summed E-state index contributed by atoms with van der Waals surface area (Å²) in [7, 11) is 0. The van der Waals surface area contributed by atoms with Gasteiger partial charge in [-0.3, -0.25) is 0 Å². The highest BCUT2D eigenvalue weighted by molar-refractivity contribution is 5.55. The summed E-state index contributed by atoms with van der Waals surface area (Å²) in [4.78, 5) is 0. The largest absolute Gasteiger partial charge is 0.504 e. The summed E-state index contributed by atoms with van der Waals surface area (Å²) in [5.74, 6) is 0.687. The van der Waals surface area contributed by atoms with E-state index in [9.17, 15) is 5.11 Å². The van der Waals surface area contributed by atoms with Crippen LogP contribution in [0.5, 0.6) is 11.5 Å². The summed E-state index contributed by atoms with van der Waals surface area (Å²) < 4.78 is 5.61. The molecule has 0 radical (unpaired) electrons. The van der Waals surface area contributed by atoms with Gasteiger partial charge in [-0.05, 0) is 29.7 Å². The second-order valence-corrected chi connectivity index (χ2v) is 4.31. The van der Waals surface area contributed by atoms with Gasteiger partial charge in [0.05, 0.1) is 0 Å². The van der Waals surface area contributed by atoms with Crippen LogP contribution in [0, 0.1) is 0 Å². The first-order valence-electron chi connectivity index (χ1n) is 6.46. The van der Waals surface area contributed by atoms with E-state index in [1.165, 1.54) is 0 Å². The first-order chi connectivity index (χ1) is 9.29. The zero-order chi connectivity index (χ0) is 13.5. The Balaban J connectivity index is 2.03. The monoisotopic (exact) mass is 254 g/mol. The molecule has 0 aliphatic rings. The van der Waals surface area contributed by atoms with Gasteiger partial charge in [0.1, 0.15) is 6.61 Å². The summed E-state index contributed by atoms with van der Waals surface area (Å²) >= 11 is 0. The third kappa shape index (κ3) is 3.88. The zero-order valence-corrected chi connectivity index (χ0v) is 11.0. The first-order valence-corrected chi connectivity index (χ1v) is 6.46. The number of hydrogen-bond donors (Lipinski definition) is 1. The van der Waals surface area contributed by atoms with E-state index in [-0.39, 0.29) is 5.75 Å².